The topological polar surface area (TPSA) is 122 Å². The van der Waals surface area contributed by atoms with Gasteiger partial charge in [0, 0.05) is 12.7 Å². The summed E-state index contributed by atoms with van der Waals surface area (Å²) in [5, 5.41) is 8.94. The highest BCUT2D eigenvalue weighted by molar-refractivity contribution is 6.40. The molecule has 1 fully saturated rings. The van der Waals surface area contributed by atoms with Gasteiger partial charge in [-0.1, -0.05) is 5.16 Å². The minimum absolute atomic E-state index is 0.172. The van der Waals surface area contributed by atoms with Crippen LogP contribution in [0, 0.1) is 5.92 Å². The van der Waals surface area contributed by atoms with Gasteiger partial charge in [-0.25, -0.2) is 4.79 Å². The van der Waals surface area contributed by atoms with E-state index in [2.05, 4.69) is 25.5 Å². The number of likely N-dealkylation sites (tertiary alicyclic amines) is 1. The van der Waals surface area contributed by atoms with Gasteiger partial charge in [0.05, 0.1) is 31.5 Å². The lowest BCUT2D eigenvalue weighted by Crippen LogP contribution is -2.40. The van der Waals surface area contributed by atoms with Gasteiger partial charge in [0.15, 0.2) is 11.8 Å². The minimum atomic E-state index is -0.562. The molecule has 0 spiro atoms. The predicted octanol–water partition coefficient (Wildman–Crippen LogP) is -0.411. The zero-order valence-corrected chi connectivity index (χ0v) is 13.5. The zero-order chi connectivity index (χ0) is 17.8. The summed E-state index contributed by atoms with van der Waals surface area (Å²) in [5.74, 6) is -1.40. The minimum Gasteiger partial charge on any atom is -0.468 e. The third-order valence-electron chi connectivity index (χ3n) is 3.96. The number of amides is 3. The van der Waals surface area contributed by atoms with E-state index in [4.69, 9.17) is 4.84 Å². The monoisotopic (exact) mass is 347 g/mol. The van der Waals surface area contributed by atoms with E-state index in [9.17, 15) is 14.4 Å². The van der Waals surface area contributed by atoms with E-state index in [0.29, 0.717) is 18.8 Å². The normalized spacial score (nSPS) is 21.0. The molecule has 10 heteroatoms. The molecule has 0 radical (unpaired) electrons. The number of urea groups is 1. The lowest BCUT2D eigenvalue weighted by atomic mass is 10.0. The Bertz CT molecular complexity index is 708. The average Bonchev–Trinajstić information content (AvgIpc) is 3.20. The molecule has 2 unspecified atom stereocenters. The Kier molecular flexibility index (Phi) is 4.78. The van der Waals surface area contributed by atoms with Gasteiger partial charge in [0.1, 0.15) is 6.54 Å². The molecule has 2 aliphatic heterocycles. The number of carbonyl (C=O) groups is 3. The van der Waals surface area contributed by atoms with Crippen LogP contribution >= 0.6 is 0 Å². The SMILES string of the molecule is COC(=O)CNC(=O)C1=NOC2CN(C(=O)Nc3cccnc3)CC12. The third kappa shape index (κ3) is 3.67. The number of hydrogen-bond acceptors (Lipinski definition) is 7. The molecule has 2 N–H and O–H groups in total. The molecule has 10 nitrogen and oxygen atoms in total. The van der Waals surface area contributed by atoms with Crippen LogP contribution in [-0.2, 0) is 19.2 Å². The van der Waals surface area contributed by atoms with Crippen molar-refractivity contribution in [2.75, 3.05) is 32.1 Å². The maximum absolute atomic E-state index is 12.3. The second-order valence-electron chi connectivity index (χ2n) is 5.56. The first-order chi connectivity index (χ1) is 12.1. The predicted molar refractivity (Wildman–Crippen MR) is 85.7 cm³/mol. The number of esters is 1. The van der Waals surface area contributed by atoms with Crippen LogP contribution in [0.1, 0.15) is 0 Å². The first-order valence-corrected chi connectivity index (χ1v) is 7.63. The number of anilines is 1. The van der Waals surface area contributed by atoms with E-state index in [-0.39, 0.29) is 30.3 Å². The van der Waals surface area contributed by atoms with Crippen molar-refractivity contribution in [1.82, 2.24) is 15.2 Å². The lowest BCUT2D eigenvalue weighted by Gasteiger charge is -2.17. The average molecular weight is 347 g/mol. The molecule has 2 aliphatic rings. The van der Waals surface area contributed by atoms with Crippen LogP contribution < -0.4 is 10.6 Å². The molecule has 0 saturated carbocycles. The number of nitrogens with one attached hydrogen (secondary N) is 2. The number of aromatic nitrogens is 1. The Hall–Kier alpha value is -3.17. The summed E-state index contributed by atoms with van der Waals surface area (Å²) in [7, 11) is 1.23. The zero-order valence-electron chi connectivity index (χ0n) is 13.5. The van der Waals surface area contributed by atoms with E-state index >= 15 is 0 Å². The van der Waals surface area contributed by atoms with Crippen molar-refractivity contribution in [1.29, 1.82) is 0 Å². The molecule has 132 valence electrons. The Balaban J connectivity index is 1.56. The second kappa shape index (κ2) is 7.16. The maximum Gasteiger partial charge on any atom is 0.325 e. The number of hydrogen-bond donors (Lipinski definition) is 2. The molecular formula is C15H17N5O5. The van der Waals surface area contributed by atoms with Crippen molar-refractivity contribution in [3.63, 3.8) is 0 Å². The Morgan fingerprint density at radius 2 is 2.24 bits per heavy atom. The van der Waals surface area contributed by atoms with Crippen molar-refractivity contribution < 1.29 is 24.0 Å². The fourth-order valence-corrected chi connectivity index (χ4v) is 2.67. The number of oxime groups is 1. The molecule has 0 aliphatic carbocycles. The number of nitrogens with zero attached hydrogens (tertiary/aromatic N) is 3. The molecule has 2 atom stereocenters. The highest BCUT2D eigenvalue weighted by atomic mass is 16.6. The van der Waals surface area contributed by atoms with E-state index in [1.165, 1.54) is 7.11 Å². The molecule has 1 aromatic rings. The fraction of sp³-hybridized carbons (Fsp3) is 0.400. The van der Waals surface area contributed by atoms with E-state index in [0.717, 1.165) is 0 Å². The van der Waals surface area contributed by atoms with Crippen molar-refractivity contribution in [2.24, 2.45) is 11.1 Å². The third-order valence-corrected chi connectivity index (χ3v) is 3.96. The lowest BCUT2D eigenvalue weighted by molar-refractivity contribution is -0.140. The summed E-state index contributed by atoms with van der Waals surface area (Å²) in [5.41, 5.74) is 0.751. The molecule has 25 heavy (non-hydrogen) atoms. The number of carbonyl (C=O) groups excluding carboxylic acids is 3. The van der Waals surface area contributed by atoms with Crippen LogP contribution in [-0.4, -0.2) is 66.4 Å². The molecule has 1 saturated heterocycles. The Morgan fingerprint density at radius 3 is 2.96 bits per heavy atom. The number of ether oxygens (including phenoxy) is 1. The summed E-state index contributed by atoms with van der Waals surface area (Å²) >= 11 is 0. The standard InChI is InChI=1S/C15H17N5O5/c1-24-12(21)6-17-14(22)13-10-7-20(8-11(10)25-19-13)15(23)18-9-3-2-4-16-5-9/h2-5,10-11H,6-8H2,1H3,(H,17,22)(H,18,23). The molecule has 3 amide bonds. The van der Waals surface area contributed by atoms with Crippen molar-refractivity contribution in [3.05, 3.63) is 24.5 Å². The van der Waals surface area contributed by atoms with Gasteiger partial charge < -0.3 is 25.1 Å². The highest BCUT2D eigenvalue weighted by Crippen LogP contribution is 2.27. The van der Waals surface area contributed by atoms with Crippen LogP contribution in [0.15, 0.2) is 29.7 Å². The van der Waals surface area contributed by atoms with Crippen LogP contribution in [0.2, 0.25) is 0 Å². The van der Waals surface area contributed by atoms with Crippen LogP contribution in [0.4, 0.5) is 10.5 Å². The molecule has 3 rings (SSSR count). The molecule has 1 aromatic heterocycles. The smallest absolute Gasteiger partial charge is 0.325 e. The van der Waals surface area contributed by atoms with Crippen molar-refractivity contribution in [2.45, 2.75) is 6.10 Å². The summed E-state index contributed by atoms with van der Waals surface area (Å²) in [4.78, 5) is 46.3. The fourth-order valence-electron chi connectivity index (χ4n) is 2.67. The first-order valence-electron chi connectivity index (χ1n) is 7.63. The molecule has 0 bridgehead atoms. The first kappa shape index (κ1) is 16.7. The molecule has 3 heterocycles. The van der Waals surface area contributed by atoms with Crippen LogP contribution in [0.25, 0.3) is 0 Å². The van der Waals surface area contributed by atoms with Gasteiger partial charge in [-0.05, 0) is 12.1 Å². The molecule has 0 aromatic carbocycles. The Morgan fingerprint density at radius 1 is 1.40 bits per heavy atom. The van der Waals surface area contributed by atoms with Crippen LogP contribution in [0.5, 0.6) is 0 Å². The maximum atomic E-state index is 12.3. The van der Waals surface area contributed by atoms with E-state index in [1.807, 2.05) is 0 Å². The van der Waals surface area contributed by atoms with Crippen LogP contribution in [0.3, 0.4) is 0 Å². The van der Waals surface area contributed by atoms with Gasteiger partial charge in [0.2, 0.25) is 0 Å². The van der Waals surface area contributed by atoms with Crippen molar-refractivity contribution >= 4 is 29.3 Å². The summed E-state index contributed by atoms with van der Waals surface area (Å²) in [6.07, 6.45) is 2.77. The largest absolute Gasteiger partial charge is 0.468 e. The number of fused-ring (bicyclic) bond motifs is 1. The van der Waals surface area contributed by atoms with Gasteiger partial charge in [-0.3, -0.25) is 14.6 Å². The number of rotatable bonds is 4. The number of methoxy groups -OCH3 is 1. The van der Waals surface area contributed by atoms with E-state index < -0.39 is 11.9 Å². The Labute approximate surface area is 143 Å². The number of pyridine rings is 1. The van der Waals surface area contributed by atoms with Gasteiger partial charge in [-0.15, -0.1) is 0 Å². The summed E-state index contributed by atoms with van der Waals surface area (Å²) in [6, 6.07) is 3.14. The van der Waals surface area contributed by atoms with Gasteiger partial charge in [0.25, 0.3) is 5.91 Å². The van der Waals surface area contributed by atoms with Gasteiger partial charge >= 0.3 is 12.0 Å². The quantitative estimate of drug-likeness (QED) is 0.714. The van der Waals surface area contributed by atoms with Crippen molar-refractivity contribution in [3.8, 4) is 0 Å². The van der Waals surface area contributed by atoms with E-state index in [1.54, 1.807) is 29.4 Å². The second-order valence-corrected chi connectivity index (χ2v) is 5.56. The molecular weight excluding hydrogens is 330 g/mol. The highest BCUT2D eigenvalue weighted by Gasteiger charge is 2.46. The summed E-state index contributed by atoms with van der Waals surface area (Å²) in [6.45, 7) is 0.353. The van der Waals surface area contributed by atoms with Gasteiger partial charge in [-0.2, -0.15) is 0 Å². The summed E-state index contributed by atoms with van der Waals surface area (Å²) < 4.78 is 4.46.